The second-order valence-corrected chi connectivity index (χ2v) is 7.12. The smallest absolute Gasteiger partial charge is 0.262 e. The Balaban J connectivity index is 1.29. The lowest BCUT2D eigenvalue weighted by molar-refractivity contribution is -0.147. The fraction of sp³-hybridized carbons (Fsp3) is 0.350. The monoisotopic (exact) mass is 377 g/mol. The zero-order valence-corrected chi connectivity index (χ0v) is 15.2. The highest BCUT2D eigenvalue weighted by Crippen LogP contribution is 2.33. The van der Waals surface area contributed by atoms with E-state index in [1.54, 1.807) is 18.6 Å². The van der Waals surface area contributed by atoms with Crippen molar-refractivity contribution in [1.29, 1.82) is 0 Å². The van der Waals surface area contributed by atoms with E-state index >= 15 is 0 Å². The van der Waals surface area contributed by atoms with Gasteiger partial charge in [-0.1, -0.05) is 23.7 Å². The fourth-order valence-corrected chi connectivity index (χ4v) is 3.38. The van der Waals surface area contributed by atoms with Crippen LogP contribution in [-0.4, -0.2) is 50.1 Å². The van der Waals surface area contributed by atoms with Crippen LogP contribution in [0.5, 0.6) is 5.75 Å². The summed E-state index contributed by atoms with van der Waals surface area (Å²) in [6.45, 7) is 1.25. The van der Waals surface area contributed by atoms with Gasteiger partial charge >= 0.3 is 0 Å². The summed E-state index contributed by atoms with van der Waals surface area (Å²) < 4.78 is 11.5. The lowest BCUT2D eigenvalue weighted by atomic mass is 9.83. The maximum Gasteiger partial charge on any atom is 0.262 e. The molecule has 28 heavy (non-hydrogen) atoms. The molecular weight excluding hydrogens is 358 g/mol. The second kappa shape index (κ2) is 7.03. The van der Waals surface area contributed by atoms with Crippen LogP contribution in [-0.2, 0) is 4.79 Å². The van der Waals surface area contributed by atoms with Crippen LogP contribution < -0.4 is 4.74 Å². The van der Waals surface area contributed by atoms with Crippen LogP contribution in [0.1, 0.15) is 19.3 Å². The number of nitrogens with zero attached hydrogens (tertiary/aromatic N) is 5. The molecule has 3 aromatic rings. The van der Waals surface area contributed by atoms with E-state index in [2.05, 4.69) is 20.1 Å². The van der Waals surface area contributed by atoms with Gasteiger partial charge in [-0.05, 0) is 25.0 Å². The number of benzene rings is 1. The minimum atomic E-state index is -0.0208. The molecule has 5 rings (SSSR count). The van der Waals surface area contributed by atoms with E-state index in [0.717, 1.165) is 19.3 Å². The number of ether oxygens (including phenoxy) is 1. The third-order valence-electron chi connectivity index (χ3n) is 5.24. The minimum Gasteiger partial charge on any atom is -0.486 e. The molecule has 0 atom stereocenters. The number of hydrogen-bond acceptors (Lipinski definition) is 7. The summed E-state index contributed by atoms with van der Waals surface area (Å²) in [6.07, 6.45) is 7.94. The first-order valence-corrected chi connectivity index (χ1v) is 9.43. The minimum absolute atomic E-state index is 0.0208. The van der Waals surface area contributed by atoms with Crippen molar-refractivity contribution in [1.82, 2.24) is 25.0 Å². The Morgan fingerprint density at radius 2 is 2.04 bits per heavy atom. The summed E-state index contributed by atoms with van der Waals surface area (Å²) in [5, 5.41) is 3.99. The molecule has 142 valence electrons. The molecule has 1 saturated carbocycles. The molecule has 2 aliphatic rings. The van der Waals surface area contributed by atoms with E-state index < -0.39 is 0 Å². The van der Waals surface area contributed by atoms with Crippen LogP contribution in [0.15, 0.2) is 47.4 Å². The molecule has 1 aliphatic heterocycles. The normalized spacial score (nSPS) is 17.1. The quantitative estimate of drug-likeness (QED) is 0.674. The third-order valence-corrected chi connectivity index (χ3v) is 5.24. The summed E-state index contributed by atoms with van der Waals surface area (Å²) >= 11 is 0. The Kier molecular flexibility index (Phi) is 4.23. The van der Waals surface area contributed by atoms with Gasteiger partial charge in [0.2, 0.25) is 11.7 Å². The standard InChI is InChI=1S/C20H19N5O3/c26-20(13-4-3-5-13)25-11-14(12-25)27-17-7-2-1-6-15(17)19-23-18(24-28-19)16-10-21-8-9-22-16/h1-2,6-10,13-14H,3-5,11-12H2. The van der Waals surface area contributed by atoms with Gasteiger partial charge in [-0.2, -0.15) is 4.98 Å². The number of amides is 1. The van der Waals surface area contributed by atoms with Crippen molar-refractivity contribution in [2.45, 2.75) is 25.4 Å². The van der Waals surface area contributed by atoms with Crippen LogP contribution in [0.2, 0.25) is 0 Å². The topological polar surface area (TPSA) is 94.2 Å². The van der Waals surface area contributed by atoms with Gasteiger partial charge in [-0.15, -0.1) is 0 Å². The van der Waals surface area contributed by atoms with Crippen LogP contribution in [0, 0.1) is 5.92 Å². The van der Waals surface area contributed by atoms with Gasteiger partial charge in [0.1, 0.15) is 17.5 Å². The maximum atomic E-state index is 12.3. The molecule has 1 aliphatic carbocycles. The first kappa shape index (κ1) is 16.9. The zero-order chi connectivity index (χ0) is 18.9. The highest BCUT2D eigenvalue weighted by atomic mass is 16.5. The average Bonchev–Trinajstić information content (AvgIpc) is 3.14. The summed E-state index contributed by atoms with van der Waals surface area (Å²) in [5.74, 6) is 1.89. The lowest BCUT2D eigenvalue weighted by Gasteiger charge is -2.42. The molecular formula is C20H19N5O3. The van der Waals surface area contributed by atoms with E-state index in [-0.39, 0.29) is 17.9 Å². The molecule has 8 nitrogen and oxygen atoms in total. The van der Waals surface area contributed by atoms with E-state index in [1.165, 1.54) is 0 Å². The summed E-state index contributed by atoms with van der Waals surface area (Å²) in [4.78, 5) is 26.8. The largest absolute Gasteiger partial charge is 0.486 e. The molecule has 0 radical (unpaired) electrons. The molecule has 0 bridgehead atoms. The Labute approximate surface area is 161 Å². The van der Waals surface area contributed by atoms with Crippen molar-refractivity contribution in [3.8, 4) is 28.7 Å². The number of rotatable bonds is 5. The molecule has 2 aromatic heterocycles. The Morgan fingerprint density at radius 1 is 1.18 bits per heavy atom. The van der Waals surface area contributed by atoms with Crippen LogP contribution >= 0.6 is 0 Å². The van der Waals surface area contributed by atoms with Crippen molar-refractivity contribution in [2.75, 3.05) is 13.1 Å². The van der Waals surface area contributed by atoms with Crippen molar-refractivity contribution >= 4 is 5.91 Å². The Hall–Kier alpha value is -3.29. The third kappa shape index (κ3) is 3.11. The molecule has 8 heteroatoms. The van der Waals surface area contributed by atoms with E-state index in [4.69, 9.17) is 9.26 Å². The van der Waals surface area contributed by atoms with Gasteiger partial charge in [0.05, 0.1) is 24.8 Å². The first-order valence-electron chi connectivity index (χ1n) is 9.43. The second-order valence-electron chi connectivity index (χ2n) is 7.12. The predicted molar refractivity (Wildman–Crippen MR) is 99.1 cm³/mol. The van der Waals surface area contributed by atoms with Crippen LogP contribution in [0.3, 0.4) is 0 Å². The zero-order valence-electron chi connectivity index (χ0n) is 15.2. The number of aromatic nitrogens is 4. The van der Waals surface area contributed by atoms with Crippen molar-refractivity contribution < 1.29 is 14.1 Å². The van der Waals surface area contributed by atoms with Gasteiger partial charge in [-0.3, -0.25) is 9.78 Å². The van der Waals surface area contributed by atoms with Crippen molar-refractivity contribution in [3.63, 3.8) is 0 Å². The van der Waals surface area contributed by atoms with E-state index in [9.17, 15) is 4.79 Å². The Morgan fingerprint density at radius 3 is 2.79 bits per heavy atom. The first-order chi connectivity index (χ1) is 13.8. The number of para-hydroxylation sites is 1. The molecule has 1 amide bonds. The molecule has 1 aromatic carbocycles. The summed E-state index contributed by atoms with van der Waals surface area (Å²) in [6, 6.07) is 7.54. The average molecular weight is 377 g/mol. The van der Waals surface area contributed by atoms with E-state index in [0.29, 0.717) is 41.8 Å². The number of carbonyl (C=O) groups excluding carboxylic acids is 1. The van der Waals surface area contributed by atoms with Gasteiger partial charge in [0, 0.05) is 18.3 Å². The molecule has 1 saturated heterocycles. The summed E-state index contributed by atoms with van der Waals surface area (Å²) in [5.41, 5.74) is 1.26. The van der Waals surface area contributed by atoms with E-state index in [1.807, 2.05) is 29.2 Å². The predicted octanol–water partition coefficient (Wildman–Crippen LogP) is 2.58. The summed E-state index contributed by atoms with van der Waals surface area (Å²) in [7, 11) is 0. The van der Waals surface area contributed by atoms with Gasteiger partial charge in [0.25, 0.3) is 5.89 Å². The van der Waals surface area contributed by atoms with Gasteiger partial charge < -0.3 is 14.2 Å². The van der Waals surface area contributed by atoms with Crippen LogP contribution in [0.25, 0.3) is 23.0 Å². The molecule has 0 N–H and O–H groups in total. The molecule has 2 fully saturated rings. The molecule has 3 heterocycles. The maximum absolute atomic E-state index is 12.3. The number of likely N-dealkylation sites (tertiary alicyclic amines) is 1. The van der Waals surface area contributed by atoms with Crippen LogP contribution in [0.4, 0.5) is 0 Å². The molecule has 0 spiro atoms. The Bertz CT molecular complexity index is 980. The van der Waals surface area contributed by atoms with Crippen molar-refractivity contribution in [3.05, 3.63) is 42.9 Å². The lowest BCUT2D eigenvalue weighted by Crippen LogP contribution is -2.58. The van der Waals surface area contributed by atoms with Gasteiger partial charge in [0.15, 0.2) is 0 Å². The van der Waals surface area contributed by atoms with Gasteiger partial charge in [-0.25, -0.2) is 4.98 Å². The molecule has 0 unspecified atom stereocenters. The number of carbonyl (C=O) groups is 1. The fourth-order valence-electron chi connectivity index (χ4n) is 3.38. The highest BCUT2D eigenvalue weighted by molar-refractivity contribution is 5.80. The number of hydrogen-bond donors (Lipinski definition) is 0. The highest BCUT2D eigenvalue weighted by Gasteiger charge is 2.38. The SMILES string of the molecule is O=C(C1CCC1)N1CC(Oc2ccccc2-c2nc(-c3cnccn3)no2)C1. The van der Waals surface area contributed by atoms with Crippen molar-refractivity contribution in [2.24, 2.45) is 5.92 Å².